The van der Waals surface area contributed by atoms with Gasteiger partial charge in [-0.2, -0.15) is 0 Å². The molecule has 4 rings (SSSR count). The molecule has 1 aromatic carbocycles. The van der Waals surface area contributed by atoms with Crippen LogP contribution >= 0.6 is 11.8 Å². The summed E-state index contributed by atoms with van der Waals surface area (Å²) < 4.78 is 2.23. The highest BCUT2D eigenvalue weighted by Gasteiger charge is 2.27. The van der Waals surface area contributed by atoms with Crippen molar-refractivity contribution in [2.24, 2.45) is 0 Å². The summed E-state index contributed by atoms with van der Waals surface area (Å²) in [5.74, 6) is 0.0428. The van der Waals surface area contributed by atoms with Crippen molar-refractivity contribution >= 4 is 29.3 Å². The lowest BCUT2D eigenvalue weighted by molar-refractivity contribution is -0.115. The Morgan fingerprint density at radius 3 is 2.64 bits per heavy atom. The Kier molecular flexibility index (Phi) is 4.29. The molecule has 2 aliphatic heterocycles. The van der Waals surface area contributed by atoms with Crippen molar-refractivity contribution in [2.45, 2.75) is 36.0 Å². The average Bonchev–Trinajstić information content (AvgIpc) is 3.16. The third-order valence-corrected chi connectivity index (χ3v) is 6.14. The van der Waals surface area contributed by atoms with Gasteiger partial charge in [0.05, 0.1) is 10.9 Å². The van der Waals surface area contributed by atoms with Crippen molar-refractivity contribution in [1.82, 2.24) is 9.47 Å². The molecule has 6 heteroatoms. The highest BCUT2D eigenvalue weighted by atomic mass is 32.2. The molecule has 3 heterocycles. The Hall–Kier alpha value is -2.21. The normalized spacial score (nSPS) is 20.9. The fourth-order valence-electron chi connectivity index (χ4n) is 3.48. The maximum Gasteiger partial charge on any atom is 0.253 e. The number of piperidine rings is 1. The van der Waals surface area contributed by atoms with Crippen LogP contribution in [-0.2, 0) is 4.79 Å². The number of benzene rings is 1. The van der Waals surface area contributed by atoms with Gasteiger partial charge in [-0.15, -0.1) is 11.8 Å². The van der Waals surface area contributed by atoms with Gasteiger partial charge in [0.25, 0.3) is 5.91 Å². The summed E-state index contributed by atoms with van der Waals surface area (Å²) >= 11 is 1.54. The molecule has 0 aliphatic carbocycles. The van der Waals surface area contributed by atoms with Gasteiger partial charge in [0.1, 0.15) is 0 Å². The molecule has 0 unspecified atom stereocenters. The maximum atomic E-state index is 12.8. The van der Waals surface area contributed by atoms with Gasteiger partial charge in [-0.3, -0.25) is 9.59 Å². The van der Waals surface area contributed by atoms with Crippen LogP contribution in [0.15, 0.2) is 47.6 Å². The van der Waals surface area contributed by atoms with E-state index in [9.17, 15) is 9.59 Å². The minimum Gasteiger partial charge on any atom is -0.351 e. The molecular formula is C19H21N3O2S. The fourth-order valence-corrected chi connectivity index (χ4v) is 4.41. The van der Waals surface area contributed by atoms with Crippen LogP contribution in [0.5, 0.6) is 0 Å². The van der Waals surface area contributed by atoms with Gasteiger partial charge < -0.3 is 14.8 Å². The van der Waals surface area contributed by atoms with Crippen molar-refractivity contribution in [3.05, 3.63) is 48.3 Å². The zero-order valence-electron chi connectivity index (χ0n) is 14.1. The number of aromatic nitrogens is 1. The second kappa shape index (κ2) is 6.59. The number of carbonyl (C=O) groups is 2. The van der Waals surface area contributed by atoms with E-state index in [1.807, 2.05) is 42.2 Å². The van der Waals surface area contributed by atoms with E-state index in [0.717, 1.165) is 36.5 Å². The first-order chi connectivity index (χ1) is 12.1. The van der Waals surface area contributed by atoms with Crippen LogP contribution in [0.2, 0.25) is 0 Å². The number of anilines is 1. The Labute approximate surface area is 151 Å². The van der Waals surface area contributed by atoms with Gasteiger partial charge in [0, 0.05) is 42.0 Å². The number of amides is 2. The minimum absolute atomic E-state index is 0.00497. The highest BCUT2D eigenvalue weighted by Crippen LogP contribution is 2.36. The summed E-state index contributed by atoms with van der Waals surface area (Å²) in [6.07, 6.45) is 6.12. The van der Waals surface area contributed by atoms with Crippen molar-refractivity contribution in [3.63, 3.8) is 0 Å². The lowest BCUT2D eigenvalue weighted by atomic mass is 10.0. The molecule has 0 spiro atoms. The summed E-state index contributed by atoms with van der Waals surface area (Å²) in [4.78, 5) is 27.6. The van der Waals surface area contributed by atoms with E-state index in [0.29, 0.717) is 11.6 Å². The van der Waals surface area contributed by atoms with Crippen LogP contribution in [0.3, 0.4) is 0 Å². The molecule has 1 saturated heterocycles. The SMILES string of the molecule is C[C@H]1Sc2ccc(C(=O)N3CCC(n4cccc4)CC3)cc2NC1=O. The number of nitrogens with zero attached hydrogens (tertiary/aromatic N) is 2. The number of carbonyl (C=O) groups excluding carboxylic acids is 2. The number of likely N-dealkylation sites (tertiary alicyclic amines) is 1. The van der Waals surface area contributed by atoms with Crippen molar-refractivity contribution < 1.29 is 9.59 Å². The molecule has 5 nitrogen and oxygen atoms in total. The van der Waals surface area contributed by atoms with Crippen LogP contribution in [0.25, 0.3) is 0 Å². The molecule has 0 radical (unpaired) electrons. The van der Waals surface area contributed by atoms with Crippen LogP contribution in [0.1, 0.15) is 36.2 Å². The summed E-state index contributed by atoms with van der Waals surface area (Å²) in [6.45, 7) is 3.41. The summed E-state index contributed by atoms with van der Waals surface area (Å²) in [5, 5.41) is 2.80. The van der Waals surface area contributed by atoms with Crippen LogP contribution in [0.4, 0.5) is 5.69 Å². The van der Waals surface area contributed by atoms with Gasteiger partial charge in [-0.25, -0.2) is 0 Å². The van der Waals surface area contributed by atoms with Crippen molar-refractivity contribution in [1.29, 1.82) is 0 Å². The van der Waals surface area contributed by atoms with E-state index in [4.69, 9.17) is 0 Å². The van der Waals surface area contributed by atoms with Gasteiger partial charge in [-0.1, -0.05) is 0 Å². The predicted octanol–water partition coefficient (Wildman–Crippen LogP) is 3.40. The van der Waals surface area contributed by atoms with E-state index >= 15 is 0 Å². The number of thioether (sulfide) groups is 1. The third-order valence-electron chi connectivity index (χ3n) is 4.96. The lowest BCUT2D eigenvalue weighted by Crippen LogP contribution is -2.39. The number of hydrogen-bond acceptors (Lipinski definition) is 3. The van der Waals surface area contributed by atoms with Gasteiger partial charge in [0.2, 0.25) is 5.91 Å². The summed E-state index contributed by atoms with van der Waals surface area (Å²) in [6, 6.07) is 10.2. The van der Waals surface area contributed by atoms with E-state index in [-0.39, 0.29) is 17.1 Å². The molecule has 2 aromatic rings. The van der Waals surface area contributed by atoms with E-state index < -0.39 is 0 Å². The molecule has 1 atom stereocenters. The fraction of sp³-hybridized carbons (Fsp3) is 0.368. The summed E-state index contributed by atoms with van der Waals surface area (Å²) in [7, 11) is 0. The maximum absolute atomic E-state index is 12.8. The highest BCUT2D eigenvalue weighted by molar-refractivity contribution is 8.00. The molecule has 0 bridgehead atoms. The number of nitrogens with one attached hydrogen (secondary N) is 1. The molecule has 2 amide bonds. The van der Waals surface area contributed by atoms with E-state index in [1.165, 1.54) is 11.8 Å². The van der Waals surface area contributed by atoms with Gasteiger partial charge >= 0.3 is 0 Å². The molecule has 1 aromatic heterocycles. The Bertz CT molecular complexity index is 795. The van der Waals surface area contributed by atoms with Crippen molar-refractivity contribution in [2.75, 3.05) is 18.4 Å². The molecule has 2 aliphatic rings. The smallest absolute Gasteiger partial charge is 0.253 e. The van der Waals surface area contributed by atoms with Crippen LogP contribution in [0, 0.1) is 0 Å². The first kappa shape index (κ1) is 16.3. The Morgan fingerprint density at radius 1 is 1.20 bits per heavy atom. The first-order valence-corrected chi connectivity index (χ1v) is 9.53. The van der Waals surface area contributed by atoms with Gasteiger partial charge in [-0.05, 0) is 50.1 Å². The largest absolute Gasteiger partial charge is 0.351 e. The first-order valence-electron chi connectivity index (χ1n) is 8.65. The third kappa shape index (κ3) is 3.18. The van der Waals surface area contributed by atoms with E-state index in [2.05, 4.69) is 22.3 Å². The minimum atomic E-state index is -0.0956. The zero-order chi connectivity index (χ0) is 17.4. The van der Waals surface area contributed by atoms with Crippen LogP contribution < -0.4 is 5.32 Å². The number of rotatable bonds is 2. The Balaban J connectivity index is 1.45. The molecule has 130 valence electrons. The molecule has 25 heavy (non-hydrogen) atoms. The second-order valence-corrected chi connectivity index (χ2v) is 8.00. The topological polar surface area (TPSA) is 54.3 Å². The number of hydrogen-bond donors (Lipinski definition) is 1. The molecule has 1 N–H and O–H groups in total. The monoisotopic (exact) mass is 355 g/mol. The Morgan fingerprint density at radius 2 is 1.92 bits per heavy atom. The van der Waals surface area contributed by atoms with Crippen LogP contribution in [-0.4, -0.2) is 39.6 Å². The molecule has 1 fully saturated rings. The molecular weight excluding hydrogens is 334 g/mol. The molecule has 0 saturated carbocycles. The second-order valence-electron chi connectivity index (χ2n) is 6.61. The average molecular weight is 355 g/mol. The zero-order valence-corrected chi connectivity index (χ0v) is 15.0. The number of fused-ring (bicyclic) bond motifs is 1. The summed E-state index contributed by atoms with van der Waals surface area (Å²) in [5.41, 5.74) is 1.40. The lowest BCUT2D eigenvalue weighted by Gasteiger charge is -2.33. The van der Waals surface area contributed by atoms with E-state index in [1.54, 1.807) is 0 Å². The quantitative estimate of drug-likeness (QED) is 0.898. The van der Waals surface area contributed by atoms with Crippen molar-refractivity contribution in [3.8, 4) is 0 Å². The van der Waals surface area contributed by atoms with Gasteiger partial charge in [0.15, 0.2) is 0 Å². The standard InChI is InChI=1S/C19H21N3O2S/c1-13-18(23)20-16-12-14(4-5-17(16)25-13)19(24)22-10-6-15(7-11-22)21-8-2-3-9-21/h2-5,8-9,12-13,15H,6-7,10-11H2,1H3,(H,20,23)/t13-/m1/s1. The predicted molar refractivity (Wildman–Crippen MR) is 99.0 cm³/mol.